The number of nitrogens with zero attached hydrogens (tertiary/aromatic N) is 4. The smallest absolute Gasteiger partial charge is 0.258 e. The fraction of sp³-hybridized carbons (Fsp3) is 0.217. The molecule has 0 spiro atoms. The van der Waals surface area contributed by atoms with Crippen molar-refractivity contribution in [2.45, 2.75) is 12.5 Å². The largest absolute Gasteiger partial charge is 0.484 e. The van der Waals surface area contributed by atoms with E-state index in [1.54, 1.807) is 73.8 Å². The molecule has 2 aromatic carbocycles. The summed E-state index contributed by atoms with van der Waals surface area (Å²) in [5, 5.41) is 12.1. The summed E-state index contributed by atoms with van der Waals surface area (Å²) in [6.45, 7) is -0.316. The number of ether oxygens (including phenoxy) is 1. The molecule has 11 nitrogen and oxygen atoms in total. The first-order chi connectivity index (χ1) is 16.3. The van der Waals surface area contributed by atoms with Gasteiger partial charge in [0.05, 0.1) is 12.0 Å². The van der Waals surface area contributed by atoms with E-state index < -0.39 is 17.9 Å². The summed E-state index contributed by atoms with van der Waals surface area (Å²) in [4.78, 5) is 43.2. The second kappa shape index (κ2) is 11.4. The van der Waals surface area contributed by atoms with Crippen molar-refractivity contribution in [3.8, 4) is 5.75 Å². The number of nitrogens with two attached hydrogens (primary N) is 1. The molecule has 34 heavy (non-hydrogen) atoms. The molecule has 1 heterocycles. The maximum Gasteiger partial charge on any atom is 0.258 e. The maximum atomic E-state index is 12.7. The minimum absolute atomic E-state index is 0.163. The van der Waals surface area contributed by atoms with Gasteiger partial charge in [0.2, 0.25) is 5.91 Å². The molecule has 0 aliphatic rings. The van der Waals surface area contributed by atoms with Gasteiger partial charge in [0, 0.05) is 43.5 Å². The number of amides is 2. The number of aromatic nitrogens is 2. The van der Waals surface area contributed by atoms with Gasteiger partial charge in [-0.1, -0.05) is 5.22 Å². The number of H-pyrrole nitrogens is 1. The number of imidazole rings is 1. The fourth-order valence-electron chi connectivity index (χ4n) is 2.91. The van der Waals surface area contributed by atoms with Crippen LogP contribution in [0.2, 0.25) is 0 Å². The highest BCUT2D eigenvalue weighted by Gasteiger charge is 2.19. The first-order valence-electron chi connectivity index (χ1n) is 10.3. The molecule has 4 N–H and O–H groups in total. The molecule has 0 saturated heterocycles. The molecule has 0 radical (unpaired) electrons. The predicted molar refractivity (Wildman–Crippen MR) is 123 cm³/mol. The van der Waals surface area contributed by atoms with E-state index in [0.717, 1.165) is 0 Å². The highest BCUT2D eigenvalue weighted by molar-refractivity contribution is 6.09. The van der Waals surface area contributed by atoms with Crippen molar-refractivity contribution < 1.29 is 19.1 Å². The third-order valence-corrected chi connectivity index (χ3v) is 4.61. The van der Waals surface area contributed by atoms with Crippen LogP contribution in [-0.2, 0) is 16.0 Å². The number of benzene rings is 2. The molecule has 11 heteroatoms. The molecule has 2 amide bonds. The molecule has 0 fully saturated rings. The molecule has 0 aliphatic carbocycles. The highest BCUT2D eigenvalue weighted by atomic mass is 16.5. The van der Waals surface area contributed by atoms with Crippen molar-refractivity contribution in [2.24, 2.45) is 16.1 Å². The highest BCUT2D eigenvalue weighted by Crippen LogP contribution is 2.18. The van der Waals surface area contributed by atoms with Gasteiger partial charge >= 0.3 is 0 Å². The van der Waals surface area contributed by atoms with Crippen LogP contribution in [0.1, 0.15) is 21.6 Å². The number of primary amides is 1. The van der Waals surface area contributed by atoms with Gasteiger partial charge in [0.1, 0.15) is 11.8 Å². The van der Waals surface area contributed by atoms with Crippen molar-refractivity contribution in [1.29, 1.82) is 0 Å². The van der Waals surface area contributed by atoms with E-state index in [0.29, 0.717) is 28.3 Å². The SMILES string of the molecule is CN(C)N=Nc1ccc(C(=O)c2ccc(OCC(=O)NC(Cc3cnc[nH]3)C(N)=O)cc2)cc1. The van der Waals surface area contributed by atoms with E-state index in [2.05, 4.69) is 25.6 Å². The summed E-state index contributed by atoms with van der Waals surface area (Å²) in [5.74, 6) is -0.937. The minimum atomic E-state index is -0.896. The average Bonchev–Trinajstić information content (AvgIpc) is 3.34. The Labute approximate surface area is 196 Å². The summed E-state index contributed by atoms with van der Waals surface area (Å²) in [5.41, 5.74) is 7.64. The van der Waals surface area contributed by atoms with Crippen LogP contribution in [0.25, 0.3) is 0 Å². The zero-order valence-corrected chi connectivity index (χ0v) is 18.8. The second-order valence-corrected chi connectivity index (χ2v) is 7.53. The summed E-state index contributed by atoms with van der Waals surface area (Å²) >= 11 is 0. The van der Waals surface area contributed by atoms with Gasteiger partial charge in [-0.3, -0.25) is 19.4 Å². The number of aromatic amines is 1. The molecule has 0 aliphatic heterocycles. The van der Waals surface area contributed by atoms with Crippen molar-refractivity contribution >= 4 is 23.3 Å². The Bertz CT molecular complexity index is 1140. The van der Waals surface area contributed by atoms with Gasteiger partial charge in [-0.05, 0) is 48.5 Å². The van der Waals surface area contributed by atoms with Gasteiger partial charge < -0.3 is 20.8 Å². The number of carbonyl (C=O) groups excluding carboxylic acids is 3. The van der Waals surface area contributed by atoms with E-state index in [9.17, 15) is 14.4 Å². The fourth-order valence-corrected chi connectivity index (χ4v) is 2.91. The molecule has 3 rings (SSSR count). The molecule has 176 valence electrons. The van der Waals surface area contributed by atoms with E-state index in [-0.39, 0.29) is 18.8 Å². The van der Waals surface area contributed by atoms with Crippen molar-refractivity contribution in [2.75, 3.05) is 20.7 Å². The Hall–Kier alpha value is -4.54. The Kier molecular flexibility index (Phi) is 8.06. The van der Waals surface area contributed by atoms with Crippen LogP contribution in [0, 0.1) is 0 Å². The number of nitrogens with one attached hydrogen (secondary N) is 2. The second-order valence-electron chi connectivity index (χ2n) is 7.53. The van der Waals surface area contributed by atoms with Crippen LogP contribution in [0.3, 0.4) is 0 Å². The lowest BCUT2D eigenvalue weighted by atomic mass is 10.0. The Balaban J connectivity index is 1.53. The molecule has 1 atom stereocenters. The van der Waals surface area contributed by atoms with Crippen LogP contribution < -0.4 is 15.8 Å². The van der Waals surface area contributed by atoms with Gasteiger partial charge in [0.25, 0.3) is 5.91 Å². The van der Waals surface area contributed by atoms with Crippen LogP contribution in [-0.4, -0.2) is 59.3 Å². The third kappa shape index (κ3) is 6.99. The van der Waals surface area contributed by atoms with E-state index in [1.807, 2.05) is 0 Å². The van der Waals surface area contributed by atoms with Crippen LogP contribution >= 0.6 is 0 Å². The lowest BCUT2D eigenvalue weighted by Gasteiger charge is -2.15. The molecule has 0 bridgehead atoms. The monoisotopic (exact) mass is 463 g/mol. The molecule has 0 saturated carbocycles. The Morgan fingerprint density at radius 2 is 1.74 bits per heavy atom. The lowest BCUT2D eigenvalue weighted by molar-refractivity contribution is -0.128. The summed E-state index contributed by atoms with van der Waals surface area (Å²) in [6.07, 6.45) is 3.21. The summed E-state index contributed by atoms with van der Waals surface area (Å²) < 4.78 is 5.46. The zero-order valence-electron chi connectivity index (χ0n) is 18.8. The van der Waals surface area contributed by atoms with Crippen molar-refractivity contribution in [1.82, 2.24) is 20.3 Å². The van der Waals surface area contributed by atoms with E-state index in [1.165, 1.54) is 6.33 Å². The van der Waals surface area contributed by atoms with Crippen LogP contribution in [0.5, 0.6) is 5.75 Å². The van der Waals surface area contributed by atoms with Gasteiger partial charge in [-0.2, -0.15) is 0 Å². The number of carbonyl (C=O) groups is 3. The summed E-state index contributed by atoms with van der Waals surface area (Å²) in [6, 6.07) is 12.3. The van der Waals surface area contributed by atoms with Gasteiger partial charge in [-0.25, -0.2) is 4.98 Å². The van der Waals surface area contributed by atoms with E-state index >= 15 is 0 Å². The van der Waals surface area contributed by atoms with Crippen LogP contribution in [0.15, 0.2) is 71.4 Å². The van der Waals surface area contributed by atoms with Crippen molar-refractivity contribution in [3.63, 3.8) is 0 Å². The van der Waals surface area contributed by atoms with Crippen molar-refractivity contribution in [3.05, 3.63) is 77.9 Å². The maximum absolute atomic E-state index is 12.7. The number of rotatable bonds is 11. The van der Waals surface area contributed by atoms with Crippen LogP contribution in [0.4, 0.5) is 5.69 Å². The number of hydrogen-bond donors (Lipinski definition) is 3. The molecule has 1 aromatic heterocycles. The topological polar surface area (TPSA) is 155 Å². The predicted octanol–water partition coefficient (Wildman–Crippen LogP) is 1.79. The molecular formula is C23H25N7O4. The van der Waals surface area contributed by atoms with Gasteiger partial charge in [-0.15, -0.1) is 5.11 Å². The van der Waals surface area contributed by atoms with E-state index in [4.69, 9.17) is 10.5 Å². The lowest BCUT2D eigenvalue weighted by Crippen LogP contribution is -2.47. The molecule has 3 aromatic rings. The minimum Gasteiger partial charge on any atom is -0.484 e. The summed E-state index contributed by atoms with van der Waals surface area (Å²) in [7, 11) is 3.53. The first-order valence-corrected chi connectivity index (χ1v) is 10.3. The third-order valence-electron chi connectivity index (χ3n) is 4.61. The molecular weight excluding hydrogens is 438 g/mol. The zero-order chi connectivity index (χ0) is 24.5. The standard InChI is InChI=1S/C23H25N7O4/c1-30(2)29-28-17-7-3-15(4-8-17)22(32)16-5-9-19(10-6-16)34-13-21(31)27-20(23(24)33)11-18-12-25-14-26-18/h3-10,12,14,20H,11,13H2,1-2H3,(H2,24,33)(H,25,26)(H,27,31). The first kappa shape index (κ1) is 24.1. The average molecular weight is 463 g/mol. The quantitative estimate of drug-likeness (QED) is 0.224. The normalized spacial score (nSPS) is 11.7. The van der Waals surface area contributed by atoms with Gasteiger partial charge in [0.15, 0.2) is 12.4 Å². The Morgan fingerprint density at radius 1 is 1.09 bits per heavy atom. The molecule has 1 unspecified atom stereocenters. The number of ketones is 1. The number of hydrogen-bond acceptors (Lipinski definition) is 7. The Morgan fingerprint density at radius 3 is 2.29 bits per heavy atom.